The maximum absolute atomic E-state index is 11.2. The van der Waals surface area contributed by atoms with Crippen molar-refractivity contribution >= 4 is 25.8 Å². The summed E-state index contributed by atoms with van der Waals surface area (Å²) in [7, 11) is -9.55. The first-order valence-electron chi connectivity index (χ1n) is 4.29. The van der Waals surface area contributed by atoms with E-state index >= 15 is 0 Å². The van der Waals surface area contributed by atoms with Gasteiger partial charge in [-0.15, -0.1) is 0 Å². The molecule has 0 radical (unpaired) electrons. The van der Waals surface area contributed by atoms with Crippen LogP contribution in [0.3, 0.4) is 0 Å². The summed E-state index contributed by atoms with van der Waals surface area (Å²) in [6, 6.07) is 3.40. The lowest BCUT2D eigenvalue weighted by Gasteiger charge is -2.10. The zero-order valence-corrected chi connectivity index (χ0v) is 11.8. The van der Waals surface area contributed by atoms with Crippen molar-refractivity contribution in [3.05, 3.63) is 30.3 Å². The lowest BCUT2D eigenvalue weighted by atomic mass is 10.1. The van der Waals surface area contributed by atoms with Gasteiger partial charge in [0.05, 0.1) is 0 Å². The molecule has 110 valence electrons. The monoisotopic (exact) mass is 312 g/mol. The van der Waals surface area contributed by atoms with Crippen molar-refractivity contribution < 1.29 is 25.9 Å². The third-order valence-electron chi connectivity index (χ3n) is 1.97. The fourth-order valence-electron chi connectivity index (χ4n) is 1.32. The van der Waals surface area contributed by atoms with Crippen LogP contribution in [0.2, 0.25) is 0 Å². The topological polar surface area (TPSA) is 179 Å². The fourth-order valence-corrected chi connectivity index (χ4v) is 3.39. The van der Waals surface area contributed by atoms with Crippen molar-refractivity contribution in [1.29, 1.82) is 0 Å². The highest BCUT2D eigenvalue weighted by Gasteiger charge is 2.27. The van der Waals surface area contributed by atoms with Gasteiger partial charge in [0.15, 0.2) is 0 Å². The van der Waals surface area contributed by atoms with Crippen molar-refractivity contribution in [2.24, 2.45) is 0 Å². The van der Waals surface area contributed by atoms with Gasteiger partial charge in [0.25, 0.3) is 20.2 Å². The fraction of sp³-hybridized carbons (Fsp3) is 0.111. The molecular formula is C9H16N2O6S2. The maximum Gasteiger partial charge on any atom is 0.296 e. The Morgan fingerprint density at radius 1 is 1.05 bits per heavy atom. The molecule has 0 aliphatic rings. The van der Waals surface area contributed by atoms with E-state index in [1.54, 1.807) is 0 Å². The first-order valence-corrected chi connectivity index (χ1v) is 7.17. The quantitative estimate of drug-likeness (QED) is 0.606. The molecule has 0 unspecified atom stereocenters. The first-order chi connectivity index (χ1) is 7.55. The van der Waals surface area contributed by atoms with Crippen LogP contribution in [0.4, 0.5) is 0 Å². The van der Waals surface area contributed by atoms with Gasteiger partial charge in [-0.05, 0) is 24.1 Å². The van der Waals surface area contributed by atoms with Crippen LogP contribution in [-0.4, -0.2) is 25.9 Å². The Morgan fingerprint density at radius 2 is 1.53 bits per heavy atom. The molecule has 19 heavy (non-hydrogen) atoms. The second kappa shape index (κ2) is 6.23. The Bertz CT molecular complexity index is 679. The average Bonchev–Trinajstić information content (AvgIpc) is 2.13. The van der Waals surface area contributed by atoms with Crippen LogP contribution >= 0.6 is 0 Å². The van der Waals surface area contributed by atoms with Gasteiger partial charge >= 0.3 is 0 Å². The van der Waals surface area contributed by atoms with Crippen molar-refractivity contribution in [3.63, 3.8) is 0 Å². The van der Waals surface area contributed by atoms with E-state index in [2.05, 4.69) is 6.58 Å². The molecule has 1 rings (SSSR count). The smallest absolute Gasteiger partial charge is 0.296 e. The zero-order valence-electron chi connectivity index (χ0n) is 10.2. The van der Waals surface area contributed by atoms with Gasteiger partial charge in [-0.25, -0.2) is 0 Å². The maximum atomic E-state index is 11.2. The molecule has 0 spiro atoms. The molecule has 0 heterocycles. The van der Waals surface area contributed by atoms with Crippen molar-refractivity contribution in [2.45, 2.75) is 16.7 Å². The van der Waals surface area contributed by atoms with Crippen molar-refractivity contribution in [1.82, 2.24) is 12.3 Å². The molecule has 10 heteroatoms. The number of allylic oxidation sites excluding steroid dienone is 1. The Labute approximate surface area is 111 Å². The molecule has 0 atom stereocenters. The molecule has 1 aromatic rings. The van der Waals surface area contributed by atoms with Gasteiger partial charge in [0, 0.05) is 0 Å². The van der Waals surface area contributed by atoms with Crippen LogP contribution in [0, 0.1) is 0 Å². The standard InChI is InChI=1S/C9H10O6S2.2H3N/c1-6(2)7-4-3-5-8(16(10,11)12)9(7)17(13,14)15;;/h3-5H,1H2,2H3,(H,10,11,12)(H,13,14,15);2*1H3. The predicted molar refractivity (Wildman–Crippen MR) is 70.8 cm³/mol. The van der Waals surface area contributed by atoms with Gasteiger partial charge < -0.3 is 12.3 Å². The summed E-state index contributed by atoms with van der Waals surface area (Å²) in [5.41, 5.74) is 0.172. The predicted octanol–water partition coefficient (Wildman–Crippen LogP) is 1.54. The minimum Gasteiger partial charge on any atom is -0.344 e. The molecule has 8 N–H and O–H groups in total. The molecule has 1 aromatic carbocycles. The number of hydrogen-bond acceptors (Lipinski definition) is 6. The molecule has 0 bridgehead atoms. The SMILES string of the molecule is C=C(C)c1cccc(S(=O)(=O)O)c1S(=O)(=O)O.N.N. The number of rotatable bonds is 3. The summed E-state index contributed by atoms with van der Waals surface area (Å²) in [5.74, 6) is 0. The molecule has 0 aliphatic carbocycles. The van der Waals surface area contributed by atoms with E-state index in [1.807, 2.05) is 0 Å². The first kappa shape index (κ1) is 20.0. The molecule has 0 aliphatic heterocycles. The molecule has 0 amide bonds. The Hall–Kier alpha value is -1.30. The summed E-state index contributed by atoms with van der Waals surface area (Å²) in [6.45, 7) is 4.91. The normalized spacial score (nSPS) is 11.1. The largest absolute Gasteiger partial charge is 0.344 e. The summed E-state index contributed by atoms with van der Waals surface area (Å²) in [6.07, 6.45) is 0. The van der Waals surface area contributed by atoms with Crippen LogP contribution in [0.25, 0.3) is 5.57 Å². The van der Waals surface area contributed by atoms with Gasteiger partial charge in [-0.2, -0.15) is 16.8 Å². The lowest BCUT2D eigenvalue weighted by molar-refractivity contribution is 0.466. The number of benzene rings is 1. The van der Waals surface area contributed by atoms with E-state index in [0.29, 0.717) is 0 Å². The highest BCUT2D eigenvalue weighted by atomic mass is 32.2. The van der Waals surface area contributed by atoms with Gasteiger partial charge in [-0.1, -0.05) is 18.7 Å². The van der Waals surface area contributed by atoms with E-state index < -0.39 is 30.0 Å². The highest BCUT2D eigenvalue weighted by Crippen LogP contribution is 2.28. The van der Waals surface area contributed by atoms with Gasteiger partial charge in [0.1, 0.15) is 9.79 Å². The zero-order chi connectivity index (χ0) is 13.4. The Balaban J connectivity index is 0. The summed E-state index contributed by atoms with van der Waals surface area (Å²) in [5, 5.41) is 0. The minimum absolute atomic E-state index is 0. The summed E-state index contributed by atoms with van der Waals surface area (Å²) < 4.78 is 62.3. The van der Waals surface area contributed by atoms with Crippen LogP contribution < -0.4 is 12.3 Å². The lowest BCUT2D eigenvalue weighted by Crippen LogP contribution is -2.10. The third kappa shape index (κ3) is 4.38. The second-order valence-corrected chi connectivity index (χ2v) is 6.11. The Morgan fingerprint density at radius 3 is 1.84 bits per heavy atom. The molecule has 0 saturated carbocycles. The van der Waals surface area contributed by atoms with Crippen molar-refractivity contribution in [3.8, 4) is 0 Å². The molecule has 0 aromatic heterocycles. The van der Waals surface area contributed by atoms with E-state index in [4.69, 9.17) is 9.11 Å². The van der Waals surface area contributed by atoms with Crippen LogP contribution in [0.1, 0.15) is 12.5 Å². The van der Waals surface area contributed by atoms with Crippen LogP contribution in [0.15, 0.2) is 34.6 Å². The van der Waals surface area contributed by atoms with E-state index in [9.17, 15) is 16.8 Å². The van der Waals surface area contributed by atoms with Gasteiger partial charge in [0.2, 0.25) is 0 Å². The van der Waals surface area contributed by atoms with Crippen molar-refractivity contribution in [2.75, 3.05) is 0 Å². The summed E-state index contributed by atoms with van der Waals surface area (Å²) in [4.78, 5) is -1.74. The average molecular weight is 312 g/mol. The Kier molecular flexibility index (Phi) is 6.57. The minimum atomic E-state index is -4.79. The second-order valence-electron chi connectivity index (χ2n) is 3.36. The van der Waals surface area contributed by atoms with E-state index in [1.165, 1.54) is 19.1 Å². The van der Waals surface area contributed by atoms with E-state index in [-0.39, 0.29) is 23.4 Å². The van der Waals surface area contributed by atoms with Gasteiger partial charge in [-0.3, -0.25) is 9.11 Å². The molecule has 0 fully saturated rings. The molecule has 0 saturated heterocycles. The highest BCUT2D eigenvalue weighted by molar-refractivity contribution is 7.89. The molecule has 8 nitrogen and oxygen atoms in total. The number of hydrogen-bond donors (Lipinski definition) is 4. The molecular weight excluding hydrogens is 296 g/mol. The van der Waals surface area contributed by atoms with Crippen LogP contribution in [-0.2, 0) is 20.2 Å². The summed E-state index contributed by atoms with van der Waals surface area (Å²) >= 11 is 0. The third-order valence-corrected chi connectivity index (χ3v) is 3.96. The van der Waals surface area contributed by atoms with E-state index in [0.717, 1.165) is 6.07 Å². The van der Waals surface area contributed by atoms with Crippen LogP contribution in [0.5, 0.6) is 0 Å².